The average Bonchev–Trinajstić information content (AvgIpc) is 2.13. The summed E-state index contributed by atoms with van der Waals surface area (Å²) in [4.78, 5) is 11.4. The van der Waals surface area contributed by atoms with E-state index in [4.69, 9.17) is 4.74 Å². The van der Waals surface area contributed by atoms with Crippen molar-refractivity contribution in [3.63, 3.8) is 0 Å². The molecule has 0 saturated carbocycles. The van der Waals surface area contributed by atoms with Crippen LogP contribution in [0.3, 0.4) is 0 Å². The van der Waals surface area contributed by atoms with E-state index in [0.717, 1.165) is 6.92 Å². The normalized spacial score (nSPS) is 13.8. The van der Waals surface area contributed by atoms with Gasteiger partial charge in [0, 0.05) is 6.42 Å². The Bertz CT molecular complexity index is 227. The maximum atomic E-state index is 12.5. The molecule has 0 radical (unpaired) electrons. The minimum atomic E-state index is -2.58. The molecule has 102 valence electrons. The third kappa shape index (κ3) is 10.5. The molecule has 1 unspecified atom stereocenters. The molecular formula is C12H22F2O2S. The third-order valence-corrected chi connectivity index (χ3v) is 3.28. The first-order chi connectivity index (χ1) is 7.72. The standard InChI is InChI=1S/C12H22F2O2S/c1-9(2)16-11(15)10(3)17-8-6-5-7-12(4,13)14/h9-10H,5-8H2,1-4H3. The molecule has 1 atom stereocenters. The van der Waals surface area contributed by atoms with Crippen LogP contribution in [0.4, 0.5) is 8.78 Å². The van der Waals surface area contributed by atoms with Crippen LogP contribution in [0.25, 0.3) is 0 Å². The van der Waals surface area contributed by atoms with Gasteiger partial charge in [0.1, 0.15) is 0 Å². The second-order valence-corrected chi connectivity index (χ2v) is 5.97. The second kappa shape index (κ2) is 7.90. The SMILES string of the molecule is CC(C)OC(=O)C(C)SCCCCC(C)(F)F. The lowest BCUT2D eigenvalue weighted by Crippen LogP contribution is -2.21. The molecule has 0 fully saturated rings. The van der Waals surface area contributed by atoms with Crippen molar-refractivity contribution in [3.05, 3.63) is 0 Å². The molecule has 0 aromatic carbocycles. The molecule has 0 rings (SSSR count). The lowest BCUT2D eigenvalue weighted by atomic mass is 10.2. The van der Waals surface area contributed by atoms with Crippen molar-refractivity contribution >= 4 is 17.7 Å². The van der Waals surface area contributed by atoms with E-state index < -0.39 is 5.92 Å². The van der Waals surface area contributed by atoms with Crippen molar-refractivity contribution in [1.29, 1.82) is 0 Å². The number of carbonyl (C=O) groups excluding carboxylic acids is 1. The van der Waals surface area contributed by atoms with Crippen LogP contribution in [0.2, 0.25) is 0 Å². The fourth-order valence-electron chi connectivity index (χ4n) is 1.19. The molecule has 0 amide bonds. The molecule has 5 heteroatoms. The van der Waals surface area contributed by atoms with Gasteiger partial charge in [0.15, 0.2) is 0 Å². The van der Waals surface area contributed by atoms with Gasteiger partial charge in [0.25, 0.3) is 0 Å². The summed E-state index contributed by atoms with van der Waals surface area (Å²) in [5.74, 6) is -2.09. The van der Waals surface area contributed by atoms with Crippen molar-refractivity contribution in [3.8, 4) is 0 Å². The Kier molecular flexibility index (Phi) is 7.75. The molecule has 0 aromatic heterocycles. The lowest BCUT2D eigenvalue weighted by molar-refractivity contribution is -0.146. The summed E-state index contributed by atoms with van der Waals surface area (Å²) in [6, 6.07) is 0. The van der Waals surface area contributed by atoms with E-state index in [1.165, 1.54) is 11.8 Å². The number of unbranched alkanes of at least 4 members (excludes halogenated alkanes) is 1. The molecule has 0 aliphatic rings. The van der Waals surface area contributed by atoms with E-state index in [-0.39, 0.29) is 23.7 Å². The lowest BCUT2D eigenvalue weighted by Gasteiger charge is -2.14. The van der Waals surface area contributed by atoms with E-state index in [1.807, 2.05) is 0 Å². The van der Waals surface area contributed by atoms with Crippen molar-refractivity contribution < 1.29 is 18.3 Å². The van der Waals surface area contributed by atoms with E-state index in [9.17, 15) is 13.6 Å². The second-order valence-electron chi connectivity index (χ2n) is 4.53. The van der Waals surface area contributed by atoms with Gasteiger partial charge in [-0.1, -0.05) is 0 Å². The zero-order valence-electron chi connectivity index (χ0n) is 11.0. The summed E-state index contributed by atoms with van der Waals surface area (Å²) in [6.07, 6.45) is 0.998. The maximum Gasteiger partial charge on any atom is 0.319 e. The van der Waals surface area contributed by atoms with Crippen LogP contribution in [-0.2, 0) is 9.53 Å². The van der Waals surface area contributed by atoms with Crippen LogP contribution < -0.4 is 0 Å². The van der Waals surface area contributed by atoms with E-state index >= 15 is 0 Å². The molecule has 0 saturated heterocycles. The van der Waals surface area contributed by atoms with Gasteiger partial charge in [-0.25, -0.2) is 8.78 Å². The van der Waals surface area contributed by atoms with Crippen LogP contribution in [0, 0.1) is 0 Å². The van der Waals surface area contributed by atoms with Gasteiger partial charge in [-0.05, 0) is 46.3 Å². The Morgan fingerprint density at radius 2 is 1.88 bits per heavy atom. The smallest absolute Gasteiger partial charge is 0.319 e. The first-order valence-corrected chi connectivity index (χ1v) is 6.97. The highest BCUT2D eigenvalue weighted by Gasteiger charge is 2.20. The van der Waals surface area contributed by atoms with Crippen molar-refractivity contribution in [2.24, 2.45) is 0 Å². The molecule has 2 nitrogen and oxygen atoms in total. The zero-order chi connectivity index (χ0) is 13.5. The predicted octanol–water partition coefficient (Wildman–Crippen LogP) is 3.89. The summed E-state index contributed by atoms with van der Waals surface area (Å²) in [6.45, 7) is 6.32. The predicted molar refractivity (Wildman–Crippen MR) is 67.6 cm³/mol. The summed E-state index contributed by atoms with van der Waals surface area (Å²) in [5, 5.41) is -0.223. The van der Waals surface area contributed by atoms with Gasteiger partial charge in [0.2, 0.25) is 5.92 Å². The summed E-state index contributed by atoms with van der Waals surface area (Å²) in [5.41, 5.74) is 0. The number of carbonyl (C=O) groups is 1. The minimum absolute atomic E-state index is 0.0849. The Labute approximate surface area is 106 Å². The van der Waals surface area contributed by atoms with Crippen molar-refractivity contribution in [2.75, 3.05) is 5.75 Å². The summed E-state index contributed by atoms with van der Waals surface area (Å²) < 4.78 is 30.0. The number of halogens is 2. The van der Waals surface area contributed by atoms with E-state index in [1.54, 1.807) is 20.8 Å². The number of alkyl halides is 2. The van der Waals surface area contributed by atoms with Gasteiger partial charge >= 0.3 is 5.97 Å². The van der Waals surface area contributed by atoms with Gasteiger partial charge in [-0.15, -0.1) is 11.8 Å². The van der Waals surface area contributed by atoms with E-state index in [2.05, 4.69) is 0 Å². The van der Waals surface area contributed by atoms with Gasteiger partial charge in [-0.3, -0.25) is 4.79 Å². The maximum absolute atomic E-state index is 12.5. The summed E-state index contributed by atoms with van der Waals surface area (Å²) >= 11 is 1.46. The van der Waals surface area contributed by atoms with Gasteiger partial charge in [-0.2, -0.15) is 0 Å². The highest BCUT2D eigenvalue weighted by Crippen LogP contribution is 2.21. The number of hydrogen-bond acceptors (Lipinski definition) is 3. The zero-order valence-corrected chi connectivity index (χ0v) is 11.8. The first-order valence-electron chi connectivity index (χ1n) is 5.92. The average molecular weight is 268 g/mol. The van der Waals surface area contributed by atoms with E-state index in [0.29, 0.717) is 18.6 Å². The van der Waals surface area contributed by atoms with Crippen LogP contribution in [0.5, 0.6) is 0 Å². The number of hydrogen-bond donors (Lipinski definition) is 0. The van der Waals surface area contributed by atoms with Crippen LogP contribution in [0.15, 0.2) is 0 Å². The molecule has 0 aromatic rings. The highest BCUT2D eigenvalue weighted by molar-refractivity contribution is 8.00. The Balaban J connectivity index is 3.58. The molecule has 0 bridgehead atoms. The fourth-order valence-corrected chi connectivity index (χ4v) is 2.11. The molecular weight excluding hydrogens is 246 g/mol. The van der Waals surface area contributed by atoms with Crippen LogP contribution in [0.1, 0.15) is 47.0 Å². The number of thioether (sulfide) groups is 1. The highest BCUT2D eigenvalue weighted by atomic mass is 32.2. The molecule has 0 spiro atoms. The Morgan fingerprint density at radius 3 is 2.35 bits per heavy atom. The minimum Gasteiger partial charge on any atom is -0.462 e. The number of ether oxygens (including phenoxy) is 1. The largest absolute Gasteiger partial charge is 0.462 e. The van der Waals surface area contributed by atoms with Gasteiger partial charge in [0.05, 0.1) is 11.4 Å². The first kappa shape index (κ1) is 16.7. The fraction of sp³-hybridized carbons (Fsp3) is 0.917. The molecule has 0 aliphatic carbocycles. The molecule has 17 heavy (non-hydrogen) atoms. The molecule has 0 heterocycles. The number of rotatable bonds is 8. The Morgan fingerprint density at radius 1 is 1.29 bits per heavy atom. The summed E-state index contributed by atoms with van der Waals surface area (Å²) in [7, 11) is 0. The molecule has 0 aliphatic heterocycles. The van der Waals surface area contributed by atoms with Crippen LogP contribution in [-0.4, -0.2) is 29.0 Å². The third-order valence-electron chi connectivity index (χ3n) is 2.06. The molecule has 0 N–H and O–H groups in total. The van der Waals surface area contributed by atoms with Crippen molar-refractivity contribution in [2.45, 2.75) is 64.2 Å². The number of esters is 1. The topological polar surface area (TPSA) is 26.3 Å². The van der Waals surface area contributed by atoms with Gasteiger partial charge < -0.3 is 4.74 Å². The Hall–Kier alpha value is -0.320. The van der Waals surface area contributed by atoms with Crippen molar-refractivity contribution in [1.82, 2.24) is 0 Å². The monoisotopic (exact) mass is 268 g/mol. The van der Waals surface area contributed by atoms with Crippen LogP contribution >= 0.6 is 11.8 Å². The quantitative estimate of drug-likeness (QED) is 0.493.